The van der Waals surface area contributed by atoms with Crippen molar-refractivity contribution >= 4 is 28.0 Å². The first-order valence-corrected chi connectivity index (χ1v) is 10.1. The normalized spacial score (nSPS) is 32.4. The number of nitrogen functional groups attached to an aromatic ring is 1. The topological polar surface area (TPSA) is 74.8 Å². The largest absolute Gasteiger partial charge is 0.398 e. The minimum atomic E-state index is -0.0971. The Morgan fingerprint density at radius 3 is 2.71 bits per heavy atom. The molecule has 1 saturated carbocycles. The molecule has 0 radical (unpaired) electrons. The maximum absolute atomic E-state index is 9.08. The predicted molar refractivity (Wildman–Crippen MR) is 114 cm³/mol. The fourth-order valence-corrected chi connectivity index (χ4v) is 6.52. The Balaban J connectivity index is 1.57. The lowest BCUT2D eigenvalue weighted by atomic mass is 9.63. The quantitative estimate of drug-likeness (QED) is 0.546. The zero-order valence-corrected chi connectivity index (χ0v) is 16.2. The van der Waals surface area contributed by atoms with Gasteiger partial charge in [-0.2, -0.15) is 0 Å². The van der Waals surface area contributed by atoms with Crippen molar-refractivity contribution in [3.63, 3.8) is 0 Å². The number of nitrogens with two attached hydrogens (primary N) is 1. The lowest BCUT2D eigenvalue weighted by Crippen LogP contribution is -2.45. The molecule has 3 aromatic rings. The molecule has 3 aliphatic rings. The molecule has 4 N–H and O–H groups in total. The van der Waals surface area contributed by atoms with Crippen LogP contribution in [-0.4, -0.2) is 16.7 Å². The van der Waals surface area contributed by atoms with Crippen LogP contribution in [0.1, 0.15) is 37.1 Å². The highest BCUT2D eigenvalue weighted by molar-refractivity contribution is 6.08. The molecule has 4 atom stereocenters. The van der Waals surface area contributed by atoms with E-state index in [0.29, 0.717) is 0 Å². The van der Waals surface area contributed by atoms with Gasteiger partial charge in [0.2, 0.25) is 0 Å². The van der Waals surface area contributed by atoms with E-state index in [1.807, 2.05) is 30.3 Å². The molecular weight excluding hydrogens is 344 g/mol. The molecule has 2 aromatic carbocycles. The van der Waals surface area contributed by atoms with Crippen molar-refractivity contribution in [3.8, 4) is 0 Å². The molecular formula is C24H24N4. The van der Waals surface area contributed by atoms with E-state index in [0.717, 1.165) is 52.1 Å². The molecule has 2 aliphatic carbocycles. The number of nitrogens with one attached hydrogen (secondary N) is 2. The highest BCUT2D eigenvalue weighted by Crippen LogP contribution is 2.66. The molecule has 28 heavy (non-hydrogen) atoms. The molecule has 2 heterocycles. The molecule has 6 rings (SSSR count). The van der Waals surface area contributed by atoms with Crippen molar-refractivity contribution in [1.82, 2.24) is 4.98 Å². The number of hydrogen-bond acceptors (Lipinski definition) is 4. The second-order valence-corrected chi connectivity index (χ2v) is 9.18. The van der Waals surface area contributed by atoms with E-state index in [9.17, 15) is 0 Å². The Hall–Kier alpha value is -2.88. The molecule has 140 valence electrons. The van der Waals surface area contributed by atoms with Gasteiger partial charge in [0, 0.05) is 56.7 Å². The highest BCUT2D eigenvalue weighted by atomic mass is 15.0. The van der Waals surface area contributed by atoms with Gasteiger partial charge in [0.05, 0.1) is 5.52 Å². The summed E-state index contributed by atoms with van der Waals surface area (Å²) < 4.78 is 0. The molecule has 1 aromatic heterocycles. The number of para-hydroxylation sites is 2. The predicted octanol–water partition coefficient (Wildman–Crippen LogP) is 4.52. The van der Waals surface area contributed by atoms with Crippen molar-refractivity contribution in [1.29, 1.82) is 5.41 Å². The molecule has 1 fully saturated rings. The van der Waals surface area contributed by atoms with Crippen LogP contribution in [0.3, 0.4) is 0 Å². The summed E-state index contributed by atoms with van der Waals surface area (Å²) in [5, 5.41) is 13.9. The van der Waals surface area contributed by atoms with E-state index < -0.39 is 0 Å². The monoisotopic (exact) mass is 368 g/mol. The average Bonchev–Trinajstić information content (AvgIpc) is 3.02. The summed E-state index contributed by atoms with van der Waals surface area (Å²) in [6.45, 7) is 4.71. The van der Waals surface area contributed by atoms with Gasteiger partial charge in [0.25, 0.3) is 0 Å². The lowest BCUT2D eigenvalue weighted by molar-refractivity contribution is 0.191. The first-order chi connectivity index (χ1) is 13.4. The second-order valence-electron chi connectivity index (χ2n) is 9.18. The zero-order valence-electron chi connectivity index (χ0n) is 16.2. The maximum Gasteiger partial charge on any atom is 0.0726 e. The van der Waals surface area contributed by atoms with Gasteiger partial charge in [-0.05, 0) is 30.4 Å². The minimum Gasteiger partial charge on any atom is -0.398 e. The summed E-state index contributed by atoms with van der Waals surface area (Å²) in [5.41, 5.74) is 13.7. The number of anilines is 2. The number of rotatable bonds is 0. The van der Waals surface area contributed by atoms with Crippen molar-refractivity contribution < 1.29 is 0 Å². The van der Waals surface area contributed by atoms with E-state index in [-0.39, 0.29) is 22.8 Å². The molecule has 0 spiro atoms. The number of nitrogens with zero attached hydrogens (tertiary/aromatic N) is 1. The maximum atomic E-state index is 9.08. The van der Waals surface area contributed by atoms with Crippen LogP contribution in [0.2, 0.25) is 0 Å². The third-order valence-corrected chi connectivity index (χ3v) is 7.94. The van der Waals surface area contributed by atoms with Crippen LogP contribution in [0.25, 0.3) is 10.9 Å². The number of pyridine rings is 1. The lowest BCUT2D eigenvalue weighted by Gasteiger charge is -2.41. The summed E-state index contributed by atoms with van der Waals surface area (Å²) in [6, 6.07) is 16.7. The average molecular weight is 368 g/mol. The van der Waals surface area contributed by atoms with Gasteiger partial charge in [0.1, 0.15) is 0 Å². The van der Waals surface area contributed by atoms with E-state index in [1.54, 1.807) is 0 Å². The van der Waals surface area contributed by atoms with Crippen molar-refractivity contribution in [2.45, 2.75) is 38.1 Å². The van der Waals surface area contributed by atoms with E-state index >= 15 is 0 Å². The number of aromatic nitrogens is 1. The van der Waals surface area contributed by atoms with Crippen LogP contribution in [0.4, 0.5) is 11.4 Å². The molecule has 4 heteroatoms. The summed E-state index contributed by atoms with van der Waals surface area (Å²) in [4.78, 5) is 5.03. The van der Waals surface area contributed by atoms with Gasteiger partial charge in [-0.25, -0.2) is 0 Å². The van der Waals surface area contributed by atoms with Crippen molar-refractivity contribution in [3.05, 3.63) is 65.4 Å². The Morgan fingerprint density at radius 1 is 1.11 bits per heavy atom. The Morgan fingerprint density at radius 2 is 1.86 bits per heavy atom. The van der Waals surface area contributed by atoms with Gasteiger partial charge in [-0.15, -0.1) is 0 Å². The van der Waals surface area contributed by atoms with Crippen LogP contribution in [0.15, 0.2) is 48.5 Å². The van der Waals surface area contributed by atoms with Gasteiger partial charge >= 0.3 is 0 Å². The van der Waals surface area contributed by atoms with Crippen LogP contribution < -0.4 is 11.1 Å². The molecule has 4 nitrogen and oxygen atoms in total. The Labute approximate surface area is 164 Å². The van der Waals surface area contributed by atoms with Gasteiger partial charge in [-0.1, -0.05) is 50.2 Å². The molecule has 0 saturated heterocycles. The van der Waals surface area contributed by atoms with Crippen LogP contribution >= 0.6 is 0 Å². The fourth-order valence-electron chi connectivity index (χ4n) is 6.52. The summed E-state index contributed by atoms with van der Waals surface area (Å²) in [5.74, 6) is 0.157. The summed E-state index contributed by atoms with van der Waals surface area (Å²) >= 11 is 0. The van der Waals surface area contributed by atoms with Crippen molar-refractivity contribution in [2.24, 2.45) is 11.3 Å². The Bertz CT molecular complexity index is 1180. The smallest absolute Gasteiger partial charge is 0.0726 e. The van der Waals surface area contributed by atoms with E-state index in [2.05, 4.69) is 37.4 Å². The highest BCUT2D eigenvalue weighted by Gasteiger charge is 2.66. The number of benzene rings is 2. The van der Waals surface area contributed by atoms with E-state index in [4.69, 9.17) is 16.1 Å². The molecule has 1 aliphatic heterocycles. The summed E-state index contributed by atoms with van der Waals surface area (Å²) in [7, 11) is 0. The number of hydrogen-bond donors (Lipinski definition) is 3. The van der Waals surface area contributed by atoms with E-state index in [1.165, 1.54) is 5.56 Å². The third-order valence-electron chi connectivity index (χ3n) is 7.94. The Kier molecular flexibility index (Phi) is 2.84. The number of fused-ring (bicyclic) bond motifs is 7. The van der Waals surface area contributed by atoms with Crippen LogP contribution in [0.5, 0.6) is 0 Å². The van der Waals surface area contributed by atoms with Crippen molar-refractivity contribution in [2.75, 3.05) is 11.1 Å². The second kappa shape index (κ2) is 4.93. The summed E-state index contributed by atoms with van der Waals surface area (Å²) in [6.07, 6.45) is 1.85. The van der Waals surface area contributed by atoms with Gasteiger partial charge < -0.3 is 16.5 Å². The van der Waals surface area contributed by atoms with Crippen LogP contribution in [0, 0.1) is 16.7 Å². The standard InChI is InChI=1S/C24H24N4/c1-23-11-17-20(22(26)14-8-4-6-10-16(14)27-17)24(23,2)12-18-19(23)21(25)13-7-3-5-9-15(13)28-18/h3-10,17,20,26-27H,11-12H2,1-2H3,(H2,25,28). The molecule has 4 unspecified atom stereocenters. The first kappa shape index (κ1) is 16.1. The van der Waals surface area contributed by atoms with Gasteiger partial charge in [0.15, 0.2) is 0 Å². The minimum absolute atomic E-state index is 0.0733. The zero-order chi connectivity index (χ0) is 19.3. The fraction of sp³-hybridized carbons (Fsp3) is 0.333. The SMILES string of the molecule is CC12CC3Nc4ccccc4C(=N)C3C1(C)Cc1nc3ccccc3c(N)c12. The third kappa shape index (κ3) is 1.68. The van der Waals surface area contributed by atoms with Gasteiger partial charge in [-0.3, -0.25) is 4.98 Å². The molecule has 0 bridgehead atoms. The van der Waals surface area contributed by atoms with Crippen LogP contribution in [-0.2, 0) is 11.8 Å². The molecule has 0 amide bonds. The first-order valence-electron chi connectivity index (χ1n) is 10.1.